The van der Waals surface area contributed by atoms with E-state index in [9.17, 15) is 9.90 Å². The molecular weight excluding hydrogens is 288 g/mol. The van der Waals surface area contributed by atoms with Crippen molar-refractivity contribution in [3.63, 3.8) is 0 Å². The molecule has 0 spiro atoms. The quantitative estimate of drug-likeness (QED) is 0.429. The molecule has 23 heavy (non-hydrogen) atoms. The van der Waals surface area contributed by atoms with E-state index in [2.05, 4.69) is 6.92 Å². The van der Waals surface area contributed by atoms with Gasteiger partial charge in [-0.1, -0.05) is 84.0 Å². The lowest BCUT2D eigenvalue weighted by Crippen LogP contribution is -1.98. The van der Waals surface area contributed by atoms with Crippen molar-refractivity contribution in [2.45, 2.75) is 96.8 Å². The third-order valence-electron chi connectivity index (χ3n) is 4.33. The Hall–Kier alpha value is -1.25. The van der Waals surface area contributed by atoms with E-state index in [1.54, 1.807) is 6.07 Å². The minimum absolute atomic E-state index is 0.00550. The molecule has 0 atom stereocenters. The van der Waals surface area contributed by atoms with Gasteiger partial charge in [0.1, 0.15) is 11.5 Å². The van der Waals surface area contributed by atoms with Gasteiger partial charge in [0.25, 0.3) is 0 Å². The summed E-state index contributed by atoms with van der Waals surface area (Å²) in [6.45, 7) is 2.26. The lowest BCUT2D eigenvalue weighted by molar-refractivity contribution is 0.418. The van der Waals surface area contributed by atoms with E-state index in [0.717, 1.165) is 25.3 Å². The number of hydrogen-bond acceptors (Lipinski definition) is 3. The van der Waals surface area contributed by atoms with Crippen molar-refractivity contribution < 1.29 is 9.52 Å². The summed E-state index contributed by atoms with van der Waals surface area (Å²) in [5.74, 6) is 0.601. The van der Waals surface area contributed by atoms with Crippen LogP contribution in [-0.2, 0) is 6.42 Å². The number of aryl methyl sites for hydroxylation is 1. The third kappa shape index (κ3) is 11.0. The highest BCUT2D eigenvalue weighted by molar-refractivity contribution is 5.18. The van der Waals surface area contributed by atoms with Crippen molar-refractivity contribution in [2.24, 2.45) is 0 Å². The van der Waals surface area contributed by atoms with Crippen LogP contribution in [0, 0.1) is 0 Å². The van der Waals surface area contributed by atoms with Crippen LogP contribution in [0.3, 0.4) is 0 Å². The van der Waals surface area contributed by atoms with Crippen LogP contribution in [0.2, 0.25) is 0 Å². The van der Waals surface area contributed by atoms with Crippen molar-refractivity contribution in [2.75, 3.05) is 0 Å². The van der Waals surface area contributed by atoms with Crippen LogP contribution in [0.5, 0.6) is 5.75 Å². The molecule has 1 aromatic rings. The lowest BCUT2D eigenvalue weighted by Gasteiger charge is -2.03. The second-order valence-corrected chi connectivity index (χ2v) is 6.59. The zero-order valence-corrected chi connectivity index (χ0v) is 14.8. The fourth-order valence-electron chi connectivity index (χ4n) is 2.96. The Morgan fingerprint density at radius 1 is 0.783 bits per heavy atom. The fourth-order valence-corrected chi connectivity index (χ4v) is 2.96. The Labute approximate surface area is 141 Å². The lowest BCUT2D eigenvalue weighted by atomic mass is 10.0. The minimum Gasteiger partial charge on any atom is -0.508 e. The van der Waals surface area contributed by atoms with Crippen molar-refractivity contribution in [1.29, 1.82) is 0 Å². The van der Waals surface area contributed by atoms with Gasteiger partial charge in [0, 0.05) is 12.5 Å². The molecule has 3 nitrogen and oxygen atoms in total. The number of aromatic hydroxyl groups is 1. The molecule has 0 aliphatic carbocycles. The topological polar surface area (TPSA) is 50.4 Å². The van der Waals surface area contributed by atoms with E-state index in [1.807, 2.05) is 0 Å². The molecule has 0 aliphatic rings. The van der Waals surface area contributed by atoms with Crippen LogP contribution >= 0.6 is 0 Å². The second-order valence-electron chi connectivity index (χ2n) is 6.59. The SMILES string of the molecule is CCCCCCCCCCCCCCCc1cc(O)cc(=O)o1. The van der Waals surface area contributed by atoms with E-state index < -0.39 is 5.63 Å². The summed E-state index contributed by atoms with van der Waals surface area (Å²) >= 11 is 0. The number of hydrogen-bond donors (Lipinski definition) is 1. The predicted octanol–water partition coefficient (Wildman–Crippen LogP) is 5.98. The summed E-state index contributed by atoms with van der Waals surface area (Å²) in [4.78, 5) is 11.1. The molecule has 0 fully saturated rings. The van der Waals surface area contributed by atoms with E-state index in [0.29, 0.717) is 5.76 Å². The predicted molar refractivity (Wildman–Crippen MR) is 96.0 cm³/mol. The smallest absolute Gasteiger partial charge is 0.339 e. The van der Waals surface area contributed by atoms with Gasteiger partial charge in [-0.2, -0.15) is 0 Å². The van der Waals surface area contributed by atoms with Crippen molar-refractivity contribution in [3.8, 4) is 5.75 Å². The maximum absolute atomic E-state index is 11.1. The molecule has 0 aromatic carbocycles. The summed E-state index contributed by atoms with van der Waals surface area (Å²) in [5, 5.41) is 9.34. The van der Waals surface area contributed by atoms with Crippen LogP contribution in [0.1, 0.15) is 96.2 Å². The van der Waals surface area contributed by atoms with Gasteiger partial charge in [-0.3, -0.25) is 0 Å². The van der Waals surface area contributed by atoms with Gasteiger partial charge in [-0.05, 0) is 6.42 Å². The summed E-state index contributed by atoms with van der Waals surface area (Å²) in [6, 6.07) is 2.65. The van der Waals surface area contributed by atoms with Gasteiger partial charge in [0.05, 0.1) is 6.07 Å². The standard InChI is InChI=1S/C20H34O3/c1-2-3-4-5-6-7-8-9-10-11-12-13-14-15-19-16-18(21)17-20(22)23-19/h16-17,21H,2-15H2,1H3. The molecule has 1 rings (SSSR count). The van der Waals surface area contributed by atoms with Gasteiger partial charge in [0.2, 0.25) is 0 Å². The second kappa shape index (κ2) is 13.2. The molecule has 1 aromatic heterocycles. The monoisotopic (exact) mass is 322 g/mol. The van der Waals surface area contributed by atoms with Crippen molar-refractivity contribution >= 4 is 0 Å². The average molecular weight is 322 g/mol. The van der Waals surface area contributed by atoms with Crippen LogP contribution in [0.25, 0.3) is 0 Å². The first-order valence-corrected chi connectivity index (χ1v) is 9.55. The van der Waals surface area contributed by atoms with Crippen LogP contribution in [-0.4, -0.2) is 5.11 Å². The Bertz CT molecular complexity index is 450. The van der Waals surface area contributed by atoms with Gasteiger partial charge in [0.15, 0.2) is 0 Å². The van der Waals surface area contributed by atoms with Gasteiger partial charge < -0.3 is 9.52 Å². The molecule has 132 valence electrons. The van der Waals surface area contributed by atoms with E-state index in [4.69, 9.17) is 4.42 Å². The zero-order valence-electron chi connectivity index (χ0n) is 14.8. The molecule has 1 N–H and O–H groups in total. The van der Waals surface area contributed by atoms with E-state index >= 15 is 0 Å². The molecule has 1 heterocycles. The van der Waals surface area contributed by atoms with E-state index in [-0.39, 0.29) is 5.75 Å². The molecule has 0 saturated heterocycles. The molecule has 0 unspecified atom stereocenters. The minimum atomic E-state index is -0.463. The maximum atomic E-state index is 11.1. The van der Waals surface area contributed by atoms with Gasteiger partial charge in [-0.15, -0.1) is 0 Å². The Kier molecular flexibility index (Phi) is 11.4. The highest BCUT2D eigenvalue weighted by atomic mass is 16.4. The first-order valence-electron chi connectivity index (χ1n) is 9.55. The molecule has 3 heteroatoms. The first kappa shape index (κ1) is 19.8. The highest BCUT2D eigenvalue weighted by Gasteiger charge is 2.01. The van der Waals surface area contributed by atoms with Crippen LogP contribution in [0.15, 0.2) is 21.3 Å². The largest absolute Gasteiger partial charge is 0.508 e. The Balaban J connectivity index is 1.87. The summed E-state index contributed by atoms with van der Waals surface area (Å²) in [5.41, 5.74) is -0.463. The molecular formula is C20H34O3. The summed E-state index contributed by atoms with van der Waals surface area (Å²) in [7, 11) is 0. The highest BCUT2D eigenvalue weighted by Crippen LogP contribution is 2.14. The van der Waals surface area contributed by atoms with Crippen LogP contribution < -0.4 is 5.63 Å². The zero-order chi connectivity index (χ0) is 16.8. The number of unbranched alkanes of at least 4 members (excludes halogenated alkanes) is 12. The molecule has 0 amide bonds. The Morgan fingerprint density at radius 3 is 1.74 bits per heavy atom. The number of rotatable bonds is 14. The summed E-state index contributed by atoms with van der Waals surface area (Å²) < 4.78 is 5.05. The molecule has 0 saturated carbocycles. The van der Waals surface area contributed by atoms with E-state index in [1.165, 1.54) is 70.6 Å². The third-order valence-corrected chi connectivity index (χ3v) is 4.33. The summed E-state index contributed by atoms with van der Waals surface area (Å²) in [6.07, 6.45) is 17.9. The Morgan fingerprint density at radius 2 is 1.26 bits per heavy atom. The van der Waals surface area contributed by atoms with Gasteiger partial charge in [-0.25, -0.2) is 4.79 Å². The van der Waals surface area contributed by atoms with Crippen molar-refractivity contribution in [1.82, 2.24) is 0 Å². The van der Waals surface area contributed by atoms with Crippen LogP contribution in [0.4, 0.5) is 0 Å². The molecule has 0 bridgehead atoms. The fraction of sp³-hybridized carbons (Fsp3) is 0.750. The average Bonchev–Trinajstić information content (AvgIpc) is 2.51. The first-order chi connectivity index (χ1) is 11.2. The maximum Gasteiger partial charge on any atom is 0.339 e. The normalized spacial score (nSPS) is 11.0. The molecule has 0 aliphatic heterocycles. The molecule has 0 radical (unpaired) electrons. The van der Waals surface area contributed by atoms with Gasteiger partial charge >= 0.3 is 5.63 Å². The van der Waals surface area contributed by atoms with Crippen molar-refractivity contribution in [3.05, 3.63) is 28.3 Å².